The third-order valence-electron chi connectivity index (χ3n) is 6.87. The molecule has 2 aromatic heterocycles. The van der Waals surface area contributed by atoms with Gasteiger partial charge in [0.1, 0.15) is 0 Å². The number of pyridine rings is 1. The van der Waals surface area contributed by atoms with E-state index in [1.807, 2.05) is 39.8 Å². The van der Waals surface area contributed by atoms with Gasteiger partial charge in [0.2, 0.25) is 5.82 Å². The van der Waals surface area contributed by atoms with Gasteiger partial charge in [0.25, 0.3) is 5.91 Å². The molecule has 0 atom stereocenters. The zero-order valence-electron chi connectivity index (χ0n) is 18.1. The quantitative estimate of drug-likeness (QED) is 0.571. The molecule has 1 fully saturated rings. The van der Waals surface area contributed by atoms with Crippen molar-refractivity contribution in [3.63, 3.8) is 0 Å². The van der Waals surface area contributed by atoms with Crippen LogP contribution in [-0.4, -0.2) is 49.7 Å². The second-order valence-corrected chi connectivity index (χ2v) is 8.90. The van der Waals surface area contributed by atoms with Gasteiger partial charge < -0.3 is 15.2 Å². The summed E-state index contributed by atoms with van der Waals surface area (Å²) in [6, 6.07) is 12.0. The van der Waals surface area contributed by atoms with Gasteiger partial charge in [-0.2, -0.15) is 0 Å². The van der Waals surface area contributed by atoms with Crippen molar-refractivity contribution in [3.8, 4) is 11.4 Å². The summed E-state index contributed by atoms with van der Waals surface area (Å²) < 4.78 is 1.91. The topological polar surface area (TPSA) is 89.9 Å². The van der Waals surface area contributed by atoms with E-state index in [1.54, 1.807) is 12.4 Å². The predicted octanol–water partition coefficient (Wildman–Crippen LogP) is 4.13. The summed E-state index contributed by atoms with van der Waals surface area (Å²) in [5, 5.41) is 9.24. The summed E-state index contributed by atoms with van der Waals surface area (Å²) in [4.78, 5) is 19.4. The fourth-order valence-electron chi connectivity index (χ4n) is 5.06. The molecule has 176 valence electrons. The van der Waals surface area contributed by atoms with Crippen molar-refractivity contribution in [2.45, 2.75) is 43.7 Å². The molecule has 0 saturated heterocycles. The van der Waals surface area contributed by atoms with Gasteiger partial charge in [-0.25, -0.2) is 0 Å². The van der Waals surface area contributed by atoms with Crippen molar-refractivity contribution < 1.29 is 4.79 Å². The molecule has 10 heteroatoms. The molecular formula is C23H27Cl3N6O. The lowest BCUT2D eigenvalue weighted by Crippen LogP contribution is -2.50. The molecule has 1 saturated carbocycles. The molecule has 3 heterocycles. The first-order valence-corrected chi connectivity index (χ1v) is 11.1. The Hall–Kier alpha value is -2.19. The van der Waals surface area contributed by atoms with E-state index in [-0.39, 0.29) is 42.2 Å². The number of hydrogen-bond acceptors (Lipinski definition) is 5. The number of amides is 1. The number of nitrogens with two attached hydrogens (primary N) is 1. The van der Waals surface area contributed by atoms with E-state index >= 15 is 0 Å². The Morgan fingerprint density at radius 1 is 1.06 bits per heavy atom. The van der Waals surface area contributed by atoms with Gasteiger partial charge in [-0.05, 0) is 55.5 Å². The van der Waals surface area contributed by atoms with Crippen LogP contribution in [0.2, 0.25) is 5.02 Å². The van der Waals surface area contributed by atoms with Crippen LogP contribution in [0.5, 0.6) is 0 Å². The largest absolute Gasteiger partial charge is 0.331 e. The SMILES string of the molecule is Cl.Cl.NC[C@]1(c2cccc(Cl)c2)CC[C@H](N2CCn3c(nnc3-c3cccnc3)C2=O)CC1. The average molecular weight is 510 g/mol. The molecule has 1 aromatic carbocycles. The molecule has 3 aromatic rings. The second kappa shape index (κ2) is 10.4. The first kappa shape index (κ1) is 25.4. The maximum Gasteiger partial charge on any atom is 0.292 e. The van der Waals surface area contributed by atoms with Crippen molar-refractivity contribution in [1.82, 2.24) is 24.6 Å². The highest BCUT2D eigenvalue weighted by Crippen LogP contribution is 2.41. The first-order chi connectivity index (χ1) is 15.1. The zero-order valence-corrected chi connectivity index (χ0v) is 20.5. The zero-order chi connectivity index (χ0) is 21.4. The number of aromatic nitrogens is 4. The monoisotopic (exact) mass is 508 g/mol. The number of nitrogens with zero attached hydrogens (tertiary/aromatic N) is 5. The lowest BCUT2D eigenvalue weighted by atomic mass is 9.68. The Balaban J connectivity index is 0.00000153. The van der Waals surface area contributed by atoms with Crippen molar-refractivity contribution in [2.75, 3.05) is 13.1 Å². The summed E-state index contributed by atoms with van der Waals surface area (Å²) in [5.74, 6) is 1.07. The number of carbonyl (C=O) groups excluding carboxylic acids is 1. The molecule has 5 rings (SSSR count). The van der Waals surface area contributed by atoms with Gasteiger partial charge in [-0.15, -0.1) is 35.0 Å². The number of hydrogen-bond donors (Lipinski definition) is 1. The van der Waals surface area contributed by atoms with Crippen LogP contribution in [0.3, 0.4) is 0 Å². The van der Waals surface area contributed by atoms with E-state index in [1.165, 1.54) is 5.56 Å². The van der Waals surface area contributed by atoms with Gasteiger partial charge in [0, 0.05) is 54.1 Å². The Labute approximate surface area is 210 Å². The van der Waals surface area contributed by atoms with Crippen LogP contribution in [0.25, 0.3) is 11.4 Å². The van der Waals surface area contributed by atoms with Crippen molar-refractivity contribution in [3.05, 3.63) is 65.2 Å². The van der Waals surface area contributed by atoms with E-state index in [2.05, 4.69) is 21.2 Å². The highest BCUT2D eigenvalue weighted by atomic mass is 35.5. The van der Waals surface area contributed by atoms with Crippen LogP contribution >= 0.6 is 36.4 Å². The maximum atomic E-state index is 13.3. The average Bonchev–Trinajstić information content (AvgIpc) is 3.25. The number of carbonyl (C=O) groups is 1. The summed E-state index contributed by atoms with van der Waals surface area (Å²) in [7, 11) is 0. The van der Waals surface area contributed by atoms with Crippen LogP contribution < -0.4 is 5.73 Å². The summed E-state index contributed by atoms with van der Waals surface area (Å²) in [6.45, 7) is 1.93. The fourth-order valence-corrected chi connectivity index (χ4v) is 5.25. The number of benzene rings is 1. The minimum absolute atomic E-state index is 0. The summed E-state index contributed by atoms with van der Waals surface area (Å²) >= 11 is 6.23. The van der Waals surface area contributed by atoms with Crippen molar-refractivity contribution in [2.24, 2.45) is 5.73 Å². The lowest BCUT2D eigenvalue weighted by Gasteiger charge is -2.44. The van der Waals surface area contributed by atoms with E-state index in [4.69, 9.17) is 17.3 Å². The fraction of sp³-hybridized carbons (Fsp3) is 0.391. The standard InChI is InChI=1S/C23H25ClN6O.2ClH/c24-18-5-1-4-17(13-18)23(15-25)8-6-19(7-9-23)29-11-12-30-20(16-3-2-10-26-14-16)27-28-21(30)22(29)31;;/h1-5,10,13-14,19H,6-9,11-12,15,25H2;2*1H/t19-,23-;;. The Kier molecular flexibility index (Phi) is 8.00. The van der Waals surface area contributed by atoms with Crippen LogP contribution in [0.15, 0.2) is 48.8 Å². The predicted molar refractivity (Wildman–Crippen MR) is 133 cm³/mol. The molecule has 1 amide bonds. The molecule has 1 aliphatic carbocycles. The molecule has 0 bridgehead atoms. The minimum atomic E-state index is -0.0757. The van der Waals surface area contributed by atoms with Gasteiger partial charge in [0.15, 0.2) is 5.82 Å². The highest BCUT2D eigenvalue weighted by Gasteiger charge is 2.40. The first-order valence-electron chi connectivity index (χ1n) is 10.7. The van der Waals surface area contributed by atoms with Crippen molar-refractivity contribution in [1.29, 1.82) is 0 Å². The normalized spacial score (nSPS) is 22.2. The minimum Gasteiger partial charge on any atom is -0.331 e. The van der Waals surface area contributed by atoms with Crippen LogP contribution in [-0.2, 0) is 12.0 Å². The molecule has 2 aliphatic rings. The molecule has 7 nitrogen and oxygen atoms in total. The number of rotatable bonds is 4. The van der Waals surface area contributed by atoms with Gasteiger partial charge in [0.05, 0.1) is 0 Å². The highest BCUT2D eigenvalue weighted by molar-refractivity contribution is 6.30. The molecule has 1 aliphatic heterocycles. The van der Waals surface area contributed by atoms with E-state index in [9.17, 15) is 4.79 Å². The summed E-state index contributed by atoms with van der Waals surface area (Å²) in [6.07, 6.45) is 7.17. The Morgan fingerprint density at radius 2 is 1.82 bits per heavy atom. The summed E-state index contributed by atoms with van der Waals surface area (Å²) in [5.41, 5.74) is 8.24. The molecule has 0 radical (unpaired) electrons. The van der Waals surface area contributed by atoms with Gasteiger partial charge >= 0.3 is 0 Å². The Bertz CT molecular complexity index is 1100. The molecular weight excluding hydrogens is 483 g/mol. The van der Waals surface area contributed by atoms with Crippen LogP contribution in [0, 0.1) is 0 Å². The molecule has 0 spiro atoms. The smallest absolute Gasteiger partial charge is 0.292 e. The van der Waals surface area contributed by atoms with Crippen molar-refractivity contribution >= 4 is 42.3 Å². The lowest BCUT2D eigenvalue weighted by molar-refractivity contribution is 0.0523. The van der Waals surface area contributed by atoms with Crippen LogP contribution in [0.1, 0.15) is 41.9 Å². The van der Waals surface area contributed by atoms with Gasteiger partial charge in [-0.3, -0.25) is 9.78 Å². The van der Waals surface area contributed by atoms with Crippen LogP contribution in [0.4, 0.5) is 0 Å². The maximum absolute atomic E-state index is 13.3. The van der Waals surface area contributed by atoms with E-state index < -0.39 is 0 Å². The third-order valence-corrected chi connectivity index (χ3v) is 7.10. The van der Waals surface area contributed by atoms with E-state index in [0.29, 0.717) is 31.3 Å². The number of halogens is 3. The molecule has 2 N–H and O–H groups in total. The van der Waals surface area contributed by atoms with Gasteiger partial charge in [-0.1, -0.05) is 23.7 Å². The van der Waals surface area contributed by atoms with E-state index in [0.717, 1.165) is 36.3 Å². The second-order valence-electron chi connectivity index (χ2n) is 8.47. The third kappa shape index (κ3) is 4.60. The Morgan fingerprint density at radius 3 is 2.48 bits per heavy atom. The number of fused-ring (bicyclic) bond motifs is 1. The molecule has 33 heavy (non-hydrogen) atoms. The molecule has 0 unspecified atom stereocenters.